The molecule has 52 heavy (non-hydrogen) atoms. The highest BCUT2D eigenvalue weighted by Gasteiger charge is 2.45. The highest BCUT2D eigenvalue weighted by Crippen LogP contribution is 2.48. The molecule has 2 aromatic rings. The van der Waals surface area contributed by atoms with Crippen LogP contribution in [0, 0.1) is 29.5 Å². The van der Waals surface area contributed by atoms with E-state index in [0.717, 1.165) is 63.7 Å². The average molecular weight is 758 g/mol. The molecule has 1 N–H and O–H groups in total. The van der Waals surface area contributed by atoms with Crippen LogP contribution < -0.4 is 14.4 Å². The molecule has 0 spiro atoms. The molecule has 8 rings (SSSR count). The number of anilines is 1. The van der Waals surface area contributed by atoms with Crippen LogP contribution in [0.1, 0.15) is 80.3 Å². The van der Waals surface area contributed by atoms with Crippen LogP contribution in [-0.4, -0.2) is 83.2 Å². The second-order valence-corrected chi connectivity index (χ2v) is 18.0. The van der Waals surface area contributed by atoms with Gasteiger partial charge in [0.2, 0.25) is 10.0 Å². The number of halogens is 2. The fraction of sp³-hybridized carbons (Fsp3) is 0.625. The molecule has 9 nitrogen and oxygen atoms in total. The smallest absolute Gasteiger partial charge is 0.264 e. The van der Waals surface area contributed by atoms with Gasteiger partial charge >= 0.3 is 0 Å². The van der Waals surface area contributed by atoms with E-state index < -0.39 is 21.2 Å². The lowest BCUT2D eigenvalue weighted by molar-refractivity contribution is -0.0377. The summed E-state index contributed by atoms with van der Waals surface area (Å²) in [6, 6.07) is 8.65. The van der Waals surface area contributed by atoms with Crippen molar-refractivity contribution in [3.63, 3.8) is 0 Å². The fourth-order valence-electron chi connectivity index (χ4n) is 8.78. The quantitative estimate of drug-likeness (QED) is 0.334. The Kier molecular flexibility index (Phi) is 11.5. The van der Waals surface area contributed by atoms with Crippen LogP contribution in [0.25, 0.3) is 0 Å². The molecule has 4 heterocycles. The van der Waals surface area contributed by atoms with Gasteiger partial charge in [-0.2, -0.15) is 0 Å². The molecular formula is C40H53ClFN3O6S. The third kappa shape index (κ3) is 7.90. The van der Waals surface area contributed by atoms with Crippen molar-refractivity contribution in [1.29, 1.82) is 0 Å². The van der Waals surface area contributed by atoms with E-state index in [-0.39, 0.29) is 46.2 Å². The molecule has 4 aliphatic heterocycles. The minimum atomic E-state index is -3.98. The summed E-state index contributed by atoms with van der Waals surface area (Å²) < 4.78 is 64.0. The molecule has 2 aliphatic carbocycles. The number of sulfonamides is 1. The molecule has 1 saturated carbocycles. The monoisotopic (exact) mass is 757 g/mol. The van der Waals surface area contributed by atoms with Crippen LogP contribution in [0.15, 0.2) is 42.0 Å². The predicted octanol–water partition coefficient (Wildman–Crippen LogP) is 6.77. The van der Waals surface area contributed by atoms with Gasteiger partial charge in [-0.25, -0.2) is 17.5 Å². The first kappa shape index (κ1) is 37.6. The number of carbonyl (C=O) groups is 1. The number of likely N-dealkylation sites (tertiary alicyclic amines) is 1. The molecule has 12 heteroatoms. The first-order valence-electron chi connectivity index (χ1n) is 19.1. The third-order valence-corrected chi connectivity index (χ3v) is 14.8. The van der Waals surface area contributed by atoms with Crippen LogP contribution in [0.3, 0.4) is 0 Å². The SMILES string of the molecule is COC1CCN(CCO[C@H]2C3=C[C@@H](C3)[C@H](C)[C@@H](C)S(=O)(=O)NC(=O)c3ccc4c(c3)N(Cc3ccc(Cl)c(F)c3CCCCO4)C[C@@H]3CC[C@H]32)CC1. The molecule has 4 bridgehead atoms. The Bertz CT molecular complexity index is 1770. The second-order valence-electron chi connectivity index (χ2n) is 15.6. The van der Waals surface area contributed by atoms with Crippen LogP contribution in [0.4, 0.5) is 10.1 Å². The molecule has 2 fully saturated rings. The molecule has 0 aromatic heterocycles. The van der Waals surface area contributed by atoms with Crippen LogP contribution in [0.5, 0.6) is 5.75 Å². The standard InChI is InChI=1S/C40H53ClFN3O6S/c1-25-26(2)52(47,48)43-40(46)27-9-12-37-36(22-27)45(23-28-8-11-35(41)38(42)33(28)6-4-5-18-50-37)24-29-7-10-34(29)39(31-20-30(25)21-31)51-19-17-44-15-13-32(49-3)14-16-44/h8-9,11-12,20,22,25-26,29-30,32,34,39H,4-7,10,13-19,21,23-24H2,1-3H3,(H,43,46)/t25-,26-,29+,30+,34-,39+/m1/s1. The van der Waals surface area contributed by atoms with Crippen molar-refractivity contribution >= 4 is 33.2 Å². The number of hydrogen-bond acceptors (Lipinski definition) is 8. The van der Waals surface area contributed by atoms with Gasteiger partial charge in [-0.3, -0.25) is 4.79 Å². The zero-order valence-corrected chi connectivity index (χ0v) is 32.2. The number of nitrogens with zero attached hydrogens (tertiary/aromatic N) is 2. The average Bonchev–Trinajstić information content (AvgIpc) is 3.13. The molecule has 1 saturated heterocycles. The van der Waals surface area contributed by atoms with Gasteiger partial charge < -0.3 is 24.0 Å². The maximum Gasteiger partial charge on any atom is 0.264 e. The van der Waals surface area contributed by atoms with Gasteiger partial charge in [-0.15, -0.1) is 0 Å². The van der Waals surface area contributed by atoms with Gasteiger partial charge in [-0.05, 0) is 123 Å². The van der Waals surface area contributed by atoms with Crippen LogP contribution >= 0.6 is 11.6 Å². The van der Waals surface area contributed by atoms with E-state index in [9.17, 15) is 13.2 Å². The lowest BCUT2D eigenvalue weighted by Gasteiger charge is -2.48. The summed E-state index contributed by atoms with van der Waals surface area (Å²) in [5, 5.41) is -0.674. The van der Waals surface area contributed by atoms with Crippen LogP contribution in [-0.2, 0) is 32.5 Å². The van der Waals surface area contributed by atoms with Gasteiger partial charge in [0.15, 0.2) is 0 Å². The first-order valence-corrected chi connectivity index (χ1v) is 21.1. The lowest BCUT2D eigenvalue weighted by Crippen LogP contribution is -2.48. The number of rotatable bonds is 5. The van der Waals surface area contributed by atoms with Gasteiger partial charge in [0.25, 0.3) is 5.91 Å². The fourth-order valence-corrected chi connectivity index (χ4v) is 10.3. The Morgan fingerprint density at radius 3 is 2.60 bits per heavy atom. The number of hydrogen-bond donors (Lipinski definition) is 1. The topological polar surface area (TPSA) is 97.4 Å². The Balaban J connectivity index is 1.24. The Labute approximate surface area is 313 Å². The maximum absolute atomic E-state index is 15.6. The zero-order chi connectivity index (χ0) is 36.6. The van der Waals surface area contributed by atoms with E-state index in [1.165, 1.54) is 5.57 Å². The third-order valence-electron chi connectivity index (χ3n) is 12.6. The van der Waals surface area contributed by atoms with Gasteiger partial charge in [-0.1, -0.05) is 30.7 Å². The number of ether oxygens (including phenoxy) is 3. The molecule has 284 valence electrons. The van der Waals surface area contributed by atoms with Crippen molar-refractivity contribution in [3.05, 3.63) is 69.5 Å². The number of amides is 1. The molecule has 0 radical (unpaired) electrons. The Morgan fingerprint density at radius 1 is 1.08 bits per heavy atom. The number of methoxy groups -OCH3 is 1. The van der Waals surface area contributed by atoms with E-state index >= 15 is 4.39 Å². The summed E-state index contributed by atoms with van der Waals surface area (Å²) in [6.45, 7) is 8.57. The van der Waals surface area contributed by atoms with Crippen molar-refractivity contribution in [2.24, 2.45) is 23.7 Å². The van der Waals surface area contributed by atoms with Crippen molar-refractivity contribution < 1.29 is 31.8 Å². The number of allylic oxidation sites excluding steroid dienone is 1. The van der Waals surface area contributed by atoms with Crippen molar-refractivity contribution in [3.8, 4) is 5.75 Å². The summed E-state index contributed by atoms with van der Waals surface area (Å²) >= 11 is 6.29. The van der Waals surface area contributed by atoms with E-state index in [4.69, 9.17) is 25.8 Å². The van der Waals surface area contributed by atoms with Crippen LogP contribution in [0.2, 0.25) is 5.02 Å². The van der Waals surface area contributed by atoms with Gasteiger partial charge in [0.1, 0.15) is 11.6 Å². The minimum absolute atomic E-state index is 0.0623. The summed E-state index contributed by atoms with van der Waals surface area (Å²) in [5.74, 6) is -0.00174. The van der Waals surface area contributed by atoms with Crippen molar-refractivity contribution in [1.82, 2.24) is 9.62 Å². The number of carbonyl (C=O) groups excluding carboxylic acids is 1. The lowest BCUT2D eigenvalue weighted by atomic mass is 9.64. The summed E-state index contributed by atoms with van der Waals surface area (Å²) in [5.41, 5.74) is 3.61. The number of piperidine rings is 1. The Morgan fingerprint density at radius 2 is 1.87 bits per heavy atom. The van der Waals surface area contributed by atoms with Crippen molar-refractivity contribution in [2.75, 3.05) is 51.4 Å². The van der Waals surface area contributed by atoms with Gasteiger partial charge in [0.05, 0.1) is 41.4 Å². The van der Waals surface area contributed by atoms with E-state index in [2.05, 4.69) is 20.6 Å². The molecular weight excluding hydrogens is 705 g/mol. The number of benzene rings is 2. The van der Waals surface area contributed by atoms with E-state index in [0.29, 0.717) is 62.2 Å². The molecule has 1 amide bonds. The summed E-state index contributed by atoms with van der Waals surface area (Å²) in [6.07, 6.45) is 9.36. The summed E-state index contributed by atoms with van der Waals surface area (Å²) in [7, 11) is -2.20. The second kappa shape index (κ2) is 16.0. The number of nitrogens with one attached hydrogen (secondary N) is 1. The predicted molar refractivity (Wildman–Crippen MR) is 201 cm³/mol. The molecule has 6 atom stereocenters. The normalized spacial score (nSPS) is 29.9. The van der Waals surface area contributed by atoms with E-state index in [1.807, 2.05) is 13.0 Å². The zero-order valence-electron chi connectivity index (χ0n) is 30.6. The highest BCUT2D eigenvalue weighted by molar-refractivity contribution is 7.90. The number of fused-ring (bicyclic) bond motifs is 5. The molecule has 6 aliphatic rings. The maximum atomic E-state index is 15.6. The summed E-state index contributed by atoms with van der Waals surface area (Å²) in [4.78, 5) is 18.3. The minimum Gasteiger partial charge on any atom is -0.491 e. The largest absolute Gasteiger partial charge is 0.491 e. The molecule has 0 unspecified atom stereocenters. The highest BCUT2D eigenvalue weighted by atomic mass is 35.5. The first-order chi connectivity index (χ1) is 25.0. The Hall–Kier alpha value is -2.70. The van der Waals surface area contributed by atoms with E-state index in [1.54, 1.807) is 38.3 Å². The molecule has 2 aromatic carbocycles. The van der Waals surface area contributed by atoms with Gasteiger partial charge in [0, 0.05) is 45.4 Å². The van der Waals surface area contributed by atoms with Crippen molar-refractivity contribution in [2.45, 2.75) is 89.2 Å².